The van der Waals surface area contributed by atoms with Crippen LogP contribution in [0.5, 0.6) is 5.75 Å². The van der Waals surface area contributed by atoms with E-state index in [9.17, 15) is 22.0 Å². The summed E-state index contributed by atoms with van der Waals surface area (Å²) < 4.78 is 64.0. The van der Waals surface area contributed by atoms with E-state index in [1.807, 2.05) is 0 Å². The molecule has 0 atom stereocenters. The maximum absolute atomic E-state index is 12.3. The maximum atomic E-state index is 12.3. The van der Waals surface area contributed by atoms with Crippen LogP contribution in [0, 0.1) is 11.3 Å². The molecule has 0 fully saturated rings. The average Bonchev–Trinajstić information content (AvgIpc) is 2.18. The van der Waals surface area contributed by atoms with Gasteiger partial charge in [-0.2, -0.15) is 5.26 Å². The topological polar surface area (TPSA) is 71.9 Å². The number of pyridine rings is 1. The van der Waals surface area contributed by atoms with Crippen molar-refractivity contribution in [3.8, 4) is 11.8 Å². The molecule has 0 amide bonds. The van der Waals surface area contributed by atoms with Gasteiger partial charge in [0.15, 0.2) is 5.75 Å². The van der Waals surface area contributed by atoms with Crippen LogP contribution in [0.15, 0.2) is 6.20 Å². The molecule has 2 N–H and O–H groups in total. The lowest BCUT2D eigenvalue weighted by molar-refractivity contribution is -0.274. The van der Waals surface area contributed by atoms with E-state index in [0.717, 1.165) is 0 Å². The Balaban J connectivity index is 3.34. The molecular weight excluding hydrogens is 249 g/mol. The Hall–Kier alpha value is -2.11. The maximum Gasteiger partial charge on any atom is 0.573 e. The van der Waals surface area contributed by atoms with Gasteiger partial charge in [-0.1, -0.05) is 0 Å². The van der Waals surface area contributed by atoms with Gasteiger partial charge in [0.05, 0.1) is 0 Å². The summed E-state index contributed by atoms with van der Waals surface area (Å²) in [6.45, 7) is 0. The molecule has 0 saturated heterocycles. The first kappa shape index (κ1) is 13.0. The molecular formula is C8H4F5N3O. The summed E-state index contributed by atoms with van der Waals surface area (Å²) in [4.78, 5) is 3.09. The van der Waals surface area contributed by atoms with Gasteiger partial charge in [0.25, 0.3) is 6.43 Å². The van der Waals surface area contributed by atoms with E-state index in [1.54, 1.807) is 0 Å². The second-order valence-electron chi connectivity index (χ2n) is 2.76. The quantitative estimate of drug-likeness (QED) is 0.821. The van der Waals surface area contributed by atoms with E-state index in [-0.39, 0.29) is 0 Å². The third-order valence-electron chi connectivity index (χ3n) is 1.64. The Labute approximate surface area is 91.4 Å². The number of rotatable bonds is 2. The van der Waals surface area contributed by atoms with Crippen molar-refractivity contribution in [2.75, 3.05) is 5.73 Å². The van der Waals surface area contributed by atoms with Crippen LogP contribution >= 0.6 is 0 Å². The standard InChI is InChI=1S/C8H4F5N3O/c9-7(10)5-4(15)6(17-8(11,12)13)3(1-14)2-16-5/h2,7H,15H2. The summed E-state index contributed by atoms with van der Waals surface area (Å²) >= 11 is 0. The molecule has 1 aromatic rings. The van der Waals surface area contributed by atoms with Crippen molar-refractivity contribution in [3.05, 3.63) is 17.5 Å². The van der Waals surface area contributed by atoms with Crippen LogP contribution in [0.1, 0.15) is 17.7 Å². The molecule has 1 heterocycles. The number of halogens is 5. The van der Waals surface area contributed by atoms with Crippen LogP contribution in [-0.2, 0) is 0 Å². The molecule has 0 saturated carbocycles. The van der Waals surface area contributed by atoms with Gasteiger partial charge in [-0.25, -0.2) is 8.78 Å². The second-order valence-corrected chi connectivity index (χ2v) is 2.76. The molecule has 1 aromatic heterocycles. The Morgan fingerprint density at radius 1 is 1.41 bits per heavy atom. The molecule has 0 aromatic carbocycles. The molecule has 92 valence electrons. The first-order chi connectivity index (χ1) is 7.76. The predicted molar refractivity (Wildman–Crippen MR) is 45.0 cm³/mol. The smallest absolute Gasteiger partial charge is 0.402 e. The lowest BCUT2D eigenvalue weighted by Gasteiger charge is -2.14. The first-order valence-corrected chi connectivity index (χ1v) is 3.98. The largest absolute Gasteiger partial charge is 0.573 e. The average molecular weight is 253 g/mol. The van der Waals surface area contributed by atoms with E-state index < -0.39 is 35.5 Å². The highest BCUT2D eigenvalue weighted by atomic mass is 19.4. The number of ether oxygens (including phenoxy) is 1. The molecule has 1 rings (SSSR count). The highest BCUT2D eigenvalue weighted by Gasteiger charge is 2.34. The van der Waals surface area contributed by atoms with Gasteiger partial charge in [0.1, 0.15) is 23.0 Å². The lowest BCUT2D eigenvalue weighted by Crippen LogP contribution is -2.19. The summed E-state index contributed by atoms with van der Waals surface area (Å²) in [5, 5.41) is 8.49. The molecule has 0 unspecified atom stereocenters. The second kappa shape index (κ2) is 4.40. The van der Waals surface area contributed by atoms with E-state index in [1.165, 1.54) is 6.07 Å². The van der Waals surface area contributed by atoms with Crippen molar-refractivity contribution < 1.29 is 26.7 Å². The van der Waals surface area contributed by atoms with Crippen molar-refractivity contribution >= 4 is 5.69 Å². The number of nitrogens with zero attached hydrogens (tertiary/aromatic N) is 2. The van der Waals surface area contributed by atoms with E-state index in [4.69, 9.17) is 11.0 Å². The van der Waals surface area contributed by atoms with Crippen molar-refractivity contribution in [2.24, 2.45) is 0 Å². The van der Waals surface area contributed by atoms with Crippen LogP contribution in [-0.4, -0.2) is 11.3 Å². The number of alkyl halides is 5. The van der Waals surface area contributed by atoms with Gasteiger partial charge in [0.2, 0.25) is 0 Å². The van der Waals surface area contributed by atoms with Crippen molar-refractivity contribution in [2.45, 2.75) is 12.8 Å². The summed E-state index contributed by atoms with van der Waals surface area (Å²) in [5.41, 5.74) is 2.30. The van der Waals surface area contributed by atoms with Crippen molar-refractivity contribution in [1.29, 1.82) is 5.26 Å². The van der Waals surface area contributed by atoms with Crippen LogP contribution in [0.4, 0.5) is 27.6 Å². The molecule has 0 bridgehead atoms. The number of hydrogen-bond donors (Lipinski definition) is 1. The van der Waals surface area contributed by atoms with Gasteiger partial charge in [-0.15, -0.1) is 13.2 Å². The zero-order valence-corrected chi connectivity index (χ0v) is 7.92. The molecule has 0 radical (unpaired) electrons. The third-order valence-corrected chi connectivity index (χ3v) is 1.64. The molecule has 4 nitrogen and oxygen atoms in total. The molecule has 0 aliphatic rings. The number of nitrogen functional groups attached to an aromatic ring is 1. The van der Waals surface area contributed by atoms with Gasteiger partial charge >= 0.3 is 6.36 Å². The van der Waals surface area contributed by atoms with Crippen LogP contribution in [0.2, 0.25) is 0 Å². The van der Waals surface area contributed by atoms with Crippen molar-refractivity contribution in [1.82, 2.24) is 4.98 Å². The fourth-order valence-electron chi connectivity index (χ4n) is 1.00. The lowest BCUT2D eigenvalue weighted by atomic mass is 10.2. The minimum Gasteiger partial charge on any atom is -0.402 e. The Bertz CT molecular complexity index is 465. The Kier molecular flexibility index (Phi) is 3.36. The molecule has 0 spiro atoms. The summed E-state index contributed by atoms with van der Waals surface area (Å²) in [6.07, 6.45) is -7.77. The zero-order valence-electron chi connectivity index (χ0n) is 7.92. The summed E-state index contributed by atoms with van der Waals surface area (Å²) in [7, 11) is 0. The predicted octanol–water partition coefficient (Wildman–Crippen LogP) is 2.37. The minimum absolute atomic E-state index is 0.541. The molecule has 0 aliphatic heterocycles. The molecule has 0 aliphatic carbocycles. The third kappa shape index (κ3) is 2.93. The van der Waals surface area contributed by atoms with Gasteiger partial charge in [-0.05, 0) is 0 Å². The van der Waals surface area contributed by atoms with Crippen LogP contribution < -0.4 is 10.5 Å². The fourth-order valence-corrected chi connectivity index (χ4v) is 1.00. The Morgan fingerprint density at radius 2 is 2.00 bits per heavy atom. The van der Waals surface area contributed by atoms with E-state index >= 15 is 0 Å². The zero-order chi connectivity index (χ0) is 13.2. The number of aromatic nitrogens is 1. The number of nitriles is 1. The number of nitrogens with two attached hydrogens (primary N) is 1. The van der Waals surface area contributed by atoms with E-state index in [0.29, 0.717) is 6.20 Å². The van der Waals surface area contributed by atoms with Crippen LogP contribution in [0.3, 0.4) is 0 Å². The normalized spacial score (nSPS) is 11.4. The molecule has 17 heavy (non-hydrogen) atoms. The highest BCUT2D eigenvalue weighted by Crippen LogP contribution is 2.36. The van der Waals surface area contributed by atoms with Gasteiger partial charge in [0, 0.05) is 6.20 Å². The minimum atomic E-state index is -5.14. The number of hydrogen-bond acceptors (Lipinski definition) is 4. The summed E-state index contributed by atoms with van der Waals surface area (Å²) in [5.74, 6) is -1.16. The first-order valence-electron chi connectivity index (χ1n) is 3.98. The number of anilines is 1. The van der Waals surface area contributed by atoms with Gasteiger partial charge < -0.3 is 10.5 Å². The van der Waals surface area contributed by atoms with Gasteiger partial charge in [-0.3, -0.25) is 4.98 Å². The summed E-state index contributed by atoms with van der Waals surface area (Å²) in [6, 6.07) is 1.31. The Morgan fingerprint density at radius 3 is 2.41 bits per heavy atom. The SMILES string of the molecule is N#Cc1cnc(C(F)F)c(N)c1OC(F)(F)F. The highest BCUT2D eigenvalue weighted by molar-refractivity contribution is 5.63. The van der Waals surface area contributed by atoms with E-state index in [2.05, 4.69) is 9.72 Å². The monoisotopic (exact) mass is 253 g/mol. The molecule has 9 heteroatoms. The fraction of sp³-hybridized carbons (Fsp3) is 0.250. The van der Waals surface area contributed by atoms with Crippen LogP contribution in [0.25, 0.3) is 0 Å². The van der Waals surface area contributed by atoms with Crippen molar-refractivity contribution in [3.63, 3.8) is 0 Å².